The number of morpholine rings is 1. The summed E-state index contributed by atoms with van der Waals surface area (Å²) < 4.78 is 17.2. The second kappa shape index (κ2) is 9.06. The number of carbonyl (C=O) groups is 2. The van der Waals surface area contributed by atoms with Crippen molar-refractivity contribution in [1.29, 1.82) is 0 Å². The fraction of sp³-hybridized carbons (Fsp3) is 0.462. The minimum Gasteiger partial charge on any atom is -0.490 e. The summed E-state index contributed by atoms with van der Waals surface area (Å²) >= 11 is 0. The van der Waals surface area contributed by atoms with Crippen LogP contribution >= 0.6 is 0 Å². The Bertz CT molecular complexity index is 1060. The van der Waals surface area contributed by atoms with Crippen molar-refractivity contribution < 1.29 is 23.8 Å². The minimum atomic E-state index is -0.469. The Morgan fingerprint density at radius 2 is 1.70 bits per heavy atom. The maximum absolute atomic E-state index is 13.9. The molecule has 0 aromatic heterocycles. The number of benzene rings is 2. The maximum atomic E-state index is 13.9. The molecule has 3 heterocycles. The highest BCUT2D eigenvalue weighted by Gasteiger charge is 2.47. The van der Waals surface area contributed by atoms with Gasteiger partial charge in [-0.1, -0.05) is 18.2 Å². The highest BCUT2D eigenvalue weighted by Crippen LogP contribution is 2.49. The molecule has 0 unspecified atom stereocenters. The third-order valence-electron chi connectivity index (χ3n) is 6.77. The van der Waals surface area contributed by atoms with Crippen molar-refractivity contribution in [2.24, 2.45) is 0 Å². The first-order valence-corrected chi connectivity index (χ1v) is 11.8. The number of nitrogens with zero attached hydrogens (tertiary/aromatic N) is 2. The normalized spacial score (nSPS) is 21.7. The van der Waals surface area contributed by atoms with Gasteiger partial charge in [0.05, 0.1) is 38.4 Å². The predicted molar refractivity (Wildman–Crippen MR) is 123 cm³/mol. The van der Waals surface area contributed by atoms with Crippen LogP contribution in [0.5, 0.6) is 11.5 Å². The summed E-state index contributed by atoms with van der Waals surface area (Å²) in [5, 5.41) is 0. The zero-order chi connectivity index (χ0) is 22.9. The molecule has 0 saturated carbocycles. The predicted octanol–water partition coefficient (Wildman–Crippen LogP) is 3.18. The number of amides is 2. The van der Waals surface area contributed by atoms with E-state index in [9.17, 15) is 9.59 Å². The SMILES string of the molecule is CCOc1cc2c(cc1OCC)[C@H]1[C@@H](C(=O)N3CCOCC3)c3ccccc3C(=O)N1CC2. The zero-order valence-corrected chi connectivity index (χ0v) is 19.2. The average Bonchev–Trinajstić information content (AvgIpc) is 2.85. The van der Waals surface area contributed by atoms with E-state index < -0.39 is 5.92 Å². The number of hydrogen-bond acceptors (Lipinski definition) is 5. The molecule has 7 heteroatoms. The van der Waals surface area contributed by atoms with Crippen molar-refractivity contribution in [1.82, 2.24) is 9.80 Å². The van der Waals surface area contributed by atoms with Gasteiger partial charge in [0.1, 0.15) is 0 Å². The molecule has 2 amide bonds. The Morgan fingerprint density at radius 3 is 2.42 bits per heavy atom. The molecule has 2 aromatic rings. The van der Waals surface area contributed by atoms with E-state index in [1.807, 2.05) is 60.0 Å². The molecule has 5 rings (SSSR count). The fourth-order valence-electron chi connectivity index (χ4n) is 5.32. The van der Waals surface area contributed by atoms with Crippen LogP contribution in [0, 0.1) is 0 Å². The lowest BCUT2D eigenvalue weighted by Crippen LogP contribution is -2.52. The summed E-state index contributed by atoms with van der Waals surface area (Å²) in [5.74, 6) is 0.935. The lowest BCUT2D eigenvalue weighted by Gasteiger charge is -2.46. The van der Waals surface area contributed by atoms with E-state index in [4.69, 9.17) is 14.2 Å². The van der Waals surface area contributed by atoms with Crippen molar-refractivity contribution >= 4 is 11.8 Å². The van der Waals surface area contributed by atoms with E-state index in [0.29, 0.717) is 69.5 Å². The molecule has 0 bridgehead atoms. The van der Waals surface area contributed by atoms with Crippen LogP contribution in [0.3, 0.4) is 0 Å². The highest BCUT2D eigenvalue weighted by molar-refractivity contribution is 6.01. The van der Waals surface area contributed by atoms with E-state index in [1.54, 1.807) is 0 Å². The van der Waals surface area contributed by atoms with E-state index in [1.165, 1.54) is 0 Å². The average molecular weight is 451 g/mol. The van der Waals surface area contributed by atoms with Crippen LogP contribution in [0.1, 0.15) is 52.9 Å². The van der Waals surface area contributed by atoms with Gasteiger partial charge < -0.3 is 24.0 Å². The molecule has 3 aliphatic heterocycles. The first kappa shape index (κ1) is 21.8. The van der Waals surface area contributed by atoms with Crippen LogP contribution in [0.25, 0.3) is 0 Å². The molecule has 174 valence electrons. The van der Waals surface area contributed by atoms with E-state index in [-0.39, 0.29) is 17.9 Å². The highest BCUT2D eigenvalue weighted by atomic mass is 16.5. The van der Waals surface area contributed by atoms with Crippen LogP contribution in [0.15, 0.2) is 36.4 Å². The van der Waals surface area contributed by atoms with Crippen molar-refractivity contribution in [3.05, 3.63) is 58.7 Å². The summed E-state index contributed by atoms with van der Waals surface area (Å²) in [4.78, 5) is 31.2. The van der Waals surface area contributed by atoms with Crippen molar-refractivity contribution in [3.8, 4) is 11.5 Å². The van der Waals surface area contributed by atoms with E-state index in [2.05, 4.69) is 0 Å². The Labute approximate surface area is 194 Å². The Hall–Kier alpha value is -3.06. The van der Waals surface area contributed by atoms with Crippen LogP contribution < -0.4 is 9.47 Å². The molecule has 0 radical (unpaired) electrons. The molecule has 3 aliphatic rings. The van der Waals surface area contributed by atoms with Gasteiger partial charge in [0, 0.05) is 25.2 Å². The van der Waals surface area contributed by atoms with Crippen molar-refractivity contribution in [2.75, 3.05) is 46.1 Å². The molecule has 0 spiro atoms. The standard InChI is InChI=1S/C26H30N2O5/c1-3-32-21-15-17-9-10-28-24(20(17)16-22(21)33-4-2)23(26(30)27-11-13-31-14-12-27)18-7-5-6-8-19(18)25(28)29/h5-8,15-16,23-24H,3-4,9-14H2,1-2H3/t23-,24-/m0/s1. The van der Waals surface area contributed by atoms with Gasteiger partial charge >= 0.3 is 0 Å². The van der Waals surface area contributed by atoms with Crippen LogP contribution in [-0.2, 0) is 16.0 Å². The molecule has 2 aromatic carbocycles. The molecular weight excluding hydrogens is 420 g/mol. The second-order valence-corrected chi connectivity index (χ2v) is 8.56. The first-order chi connectivity index (χ1) is 16.1. The van der Waals surface area contributed by atoms with Crippen molar-refractivity contribution in [3.63, 3.8) is 0 Å². The van der Waals surface area contributed by atoms with E-state index >= 15 is 0 Å². The number of hydrogen-bond donors (Lipinski definition) is 0. The van der Waals surface area contributed by atoms with Gasteiger partial charge in [0.15, 0.2) is 11.5 Å². The van der Waals surface area contributed by atoms with Crippen LogP contribution in [0.4, 0.5) is 0 Å². The molecule has 0 aliphatic carbocycles. The summed E-state index contributed by atoms with van der Waals surface area (Å²) in [5.41, 5.74) is 3.51. The minimum absolute atomic E-state index is 0.0147. The number of ether oxygens (including phenoxy) is 3. The third-order valence-corrected chi connectivity index (χ3v) is 6.77. The Morgan fingerprint density at radius 1 is 1.00 bits per heavy atom. The molecule has 1 saturated heterocycles. The maximum Gasteiger partial charge on any atom is 0.254 e. The quantitative estimate of drug-likeness (QED) is 0.700. The summed E-state index contributed by atoms with van der Waals surface area (Å²) in [6.07, 6.45) is 0.713. The largest absolute Gasteiger partial charge is 0.490 e. The van der Waals surface area contributed by atoms with Crippen molar-refractivity contribution in [2.45, 2.75) is 32.2 Å². The lowest BCUT2D eigenvalue weighted by molar-refractivity contribution is -0.138. The van der Waals surface area contributed by atoms with E-state index in [0.717, 1.165) is 16.7 Å². The Kier molecular flexibility index (Phi) is 5.98. The third kappa shape index (κ3) is 3.74. The van der Waals surface area contributed by atoms with Crippen LogP contribution in [0.2, 0.25) is 0 Å². The first-order valence-electron chi connectivity index (χ1n) is 11.8. The second-order valence-electron chi connectivity index (χ2n) is 8.56. The van der Waals surface area contributed by atoms with Gasteiger partial charge in [-0.25, -0.2) is 0 Å². The monoisotopic (exact) mass is 450 g/mol. The summed E-state index contributed by atoms with van der Waals surface area (Å²) in [6, 6.07) is 11.2. The molecule has 33 heavy (non-hydrogen) atoms. The van der Waals surface area contributed by atoms with Gasteiger partial charge in [-0.2, -0.15) is 0 Å². The Balaban J connectivity index is 1.65. The molecule has 1 fully saturated rings. The topological polar surface area (TPSA) is 68.3 Å². The van der Waals surface area contributed by atoms with Gasteiger partial charge in [-0.05, 0) is 55.2 Å². The molecular formula is C26H30N2O5. The number of carbonyl (C=O) groups excluding carboxylic acids is 2. The summed E-state index contributed by atoms with van der Waals surface area (Å²) in [6.45, 7) is 7.71. The zero-order valence-electron chi connectivity index (χ0n) is 19.2. The van der Waals surface area contributed by atoms with Gasteiger partial charge in [-0.3, -0.25) is 9.59 Å². The summed E-state index contributed by atoms with van der Waals surface area (Å²) in [7, 11) is 0. The molecule has 0 N–H and O–H groups in total. The van der Waals surface area contributed by atoms with Gasteiger partial charge in [0.25, 0.3) is 5.91 Å². The smallest absolute Gasteiger partial charge is 0.254 e. The molecule has 7 nitrogen and oxygen atoms in total. The number of fused-ring (bicyclic) bond motifs is 4. The molecule has 2 atom stereocenters. The van der Waals surface area contributed by atoms with Crippen LogP contribution in [-0.4, -0.2) is 67.7 Å². The fourth-order valence-corrected chi connectivity index (χ4v) is 5.32. The number of rotatable bonds is 5. The van der Waals surface area contributed by atoms with Gasteiger partial charge in [0.2, 0.25) is 5.91 Å². The lowest BCUT2D eigenvalue weighted by atomic mass is 9.75. The van der Waals surface area contributed by atoms with Gasteiger partial charge in [-0.15, -0.1) is 0 Å².